The van der Waals surface area contributed by atoms with E-state index >= 15 is 0 Å². The lowest BCUT2D eigenvalue weighted by molar-refractivity contribution is 0.0402. The van der Waals surface area contributed by atoms with Crippen molar-refractivity contribution >= 4 is 0 Å². The summed E-state index contributed by atoms with van der Waals surface area (Å²) in [6.07, 6.45) is 0.580. The van der Waals surface area contributed by atoms with Crippen LogP contribution in [0.5, 0.6) is 0 Å². The zero-order valence-electron chi connectivity index (χ0n) is 10.9. The normalized spacial score (nSPS) is 13.7. The van der Waals surface area contributed by atoms with Gasteiger partial charge in [-0.05, 0) is 17.9 Å². The monoisotopic (exact) mass is 239 g/mol. The van der Waals surface area contributed by atoms with E-state index in [1.165, 1.54) is 6.07 Å². The molecule has 0 aliphatic carbocycles. The average Bonchev–Trinajstić information content (AvgIpc) is 2.24. The fourth-order valence-electron chi connectivity index (χ4n) is 1.53. The fourth-order valence-corrected chi connectivity index (χ4v) is 1.53. The van der Waals surface area contributed by atoms with Gasteiger partial charge < -0.3 is 10.5 Å². The molecule has 0 aliphatic heterocycles. The van der Waals surface area contributed by atoms with Gasteiger partial charge in [-0.25, -0.2) is 4.39 Å². The number of hydrogen-bond acceptors (Lipinski definition) is 2. The lowest BCUT2D eigenvalue weighted by Gasteiger charge is -2.21. The molecule has 3 heteroatoms. The Balaban J connectivity index is 2.58. The topological polar surface area (TPSA) is 35.2 Å². The largest absolute Gasteiger partial charge is 0.372 e. The van der Waals surface area contributed by atoms with E-state index in [4.69, 9.17) is 10.5 Å². The van der Waals surface area contributed by atoms with Gasteiger partial charge in [-0.2, -0.15) is 0 Å². The molecule has 0 saturated heterocycles. The molecule has 0 aliphatic rings. The summed E-state index contributed by atoms with van der Waals surface area (Å²) in [5, 5.41) is 0. The van der Waals surface area contributed by atoms with E-state index in [9.17, 15) is 4.39 Å². The molecule has 0 saturated carbocycles. The molecule has 1 atom stereocenters. The minimum atomic E-state index is -0.349. The standard InChI is InChI=1S/C14H22FNO/c1-14(2,3)8-9-17-13(10-16)11-6-4-5-7-12(11)15/h4-7,13H,8-10,16H2,1-3H3. The van der Waals surface area contributed by atoms with Crippen LogP contribution >= 0.6 is 0 Å². The molecular formula is C14H22FNO. The van der Waals surface area contributed by atoms with Gasteiger partial charge >= 0.3 is 0 Å². The maximum atomic E-state index is 13.6. The molecule has 96 valence electrons. The van der Waals surface area contributed by atoms with E-state index in [1.54, 1.807) is 18.2 Å². The van der Waals surface area contributed by atoms with Gasteiger partial charge in [0, 0.05) is 18.7 Å². The Bertz CT molecular complexity index is 346. The van der Waals surface area contributed by atoms with Crippen molar-refractivity contribution in [2.75, 3.05) is 13.2 Å². The van der Waals surface area contributed by atoms with Crippen molar-refractivity contribution < 1.29 is 9.13 Å². The maximum Gasteiger partial charge on any atom is 0.129 e. The van der Waals surface area contributed by atoms with Crippen molar-refractivity contribution in [2.24, 2.45) is 11.1 Å². The van der Waals surface area contributed by atoms with Crippen LogP contribution in [0, 0.1) is 11.2 Å². The molecule has 1 aromatic rings. The molecule has 0 aromatic heterocycles. The first-order valence-corrected chi connectivity index (χ1v) is 6.00. The van der Waals surface area contributed by atoms with Gasteiger partial charge in [0.1, 0.15) is 5.82 Å². The maximum absolute atomic E-state index is 13.6. The third-order valence-corrected chi connectivity index (χ3v) is 2.64. The Hall–Kier alpha value is -0.930. The van der Waals surface area contributed by atoms with Crippen LogP contribution in [0.4, 0.5) is 4.39 Å². The predicted molar refractivity (Wildman–Crippen MR) is 68.2 cm³/mol. The second-order valence-corrected chi connectivity index (χ2v) is 5.43. The van der Waals surface area contributed by atoms with Crippen molar-refractivity contribution in [3.63, 3.8) is 0 Å². The van der Waals surface area contributed by atoms with Gasteiger partial charge in [-0.1, -0.05) is 39.0 Å². The molecule has 0 amide bonds. The van der Waals surface area contributed by atoms with Crippen LogP contribution in [-0.4, -0.2) is 13.2 Å². The number of nitrogens with two attached hydrogens (primary N) is 1. The van der Waals surface area contributed by atoms with Crippen LogP contribution in [0.15, 0.2) is 24.3 Å². The van der Waals surface area contributed by atoms with E-state index in [0.29, 0.717) is 18.7 Å². The van der Waals surface area contributed by atoms with Gasteiger partial charge in [-0.15, -0.1) is 0 Å². The van der Waals surface area contributed by atoms with Gasteiger partial charge in [-0.3, -0.25) is 0 Å². The molecule has 2 nitrogen and oxygen atoms in total. The molecular weight excluding hydrogens is 217 g/mol. The molecule has 0 bridgehead atoms. The van der Waals surface area contributed by atoms with E-state index in [0.717, 1.165) is 6.42 Å². The fraction of sp³-hybridized carbons (Fsp3) is 0.571. The Morgan fingerprint density at radius 2 is 1.94 bits per heavy atom. The smallest absolute Gasteiger partial charge is 0.129 e. The Labute approximate surface area is 103 Å². The first-order valence-electron chi connectivity index (χ1n) is 6.00. The lowest BCUT2D eigenvalue weighted by Crippen LogP contribution is -2.19. The number of rotatable bonds is 5. The summed E-state index contributed by atoms with van der Waals surface area (Å²) in [7, 11) is 0. The minimum Gasteiger partial charge on any atom is -0.372 e. The molecule has 1 unspecified atom stereocenters. The van der Waals surface area contributed by atoms with Crippen LogP contribution in [0.1, 0.15) is 38.9 Å². The van der Waals surface area contributed by atoms with E-state index in [2.05, 4.69) is 20.8 Å². The summed E-state index contributed by atoms with van der Waals surface area (Å²) in [6, 6.07) is 6.63. The zero-order chi connectivity index (χ0) is 12.9. The summed E-state index contributed by atoms with van der Waals surface area (Å²) in [5.41, 5.74) is 6.39. The molecule has 0 radical (unpaired) electrons. The molecule has 1 aromatic carbocycles. The van der Waals surface area contributed by atoms with Gasteiger partial charge in [0.2, 0.25) is 0 Å². The average molecular weight is 239 g/mol. The summed E-state index contributed by atoms with van der Waals surface area (Å²) in [4.78, 5) is 0. The van der Waals surface area contributed by atoms with Crippen molar-refractivity contribution in [3.8, 4) is 0 Å². The highest BCUT2D eigenvalue weighted by Gasteiger charge is 2.16. The van der Waals surface area contributed by atoms with Gasteiger partial charge in [0.25, 0.3) is 0 Å². The van der Waals surface area contributed by atoms with E-state index in [-0.39, 0.29) is 17.3 Å². The molecule has 2 N–H and O–H groups in total. The van der Waals surface area contributed by atoms with Crippen molar-refractivity contribution in [2.45, 2.75) is 33.3 Å². The highest BCUT2D eigenvalue weighted by molar-refractivity contribution is 5.20. The summed E-state index contributed by atoms with van der Waals surface area (Å²) in [5.74, 6) is -0.251. The molecule has 17 heavy (non-hydrogen) atoms. The first kappa shape index (κ1) is 14.1. The van der Waals surface area contributed by atoms with Crippen LogP contribution < -0.4 is 5.73 Å². The zero-order valence-corrected chi connectivity index (χ0v) is 10.9. The van der Waals surface area contributed by atoms with Crippen LogP contribution in [-0.2, 0) is 4.74 Å². The predicted octanol–water partition coefficient (Wildman–Crippen LogP) is 3.28. The highest BCUT2D eigenvalue weighted by atomic mass is 19.1. The van der Waals surface area contributed by atoms with E-state index in [1.807, 2.05) is 0 Å². The first-order chi connectivity index (χ1) is 7.94. The summed E-state index contributed by atoms with van der Waals surface area (Å²) >= 11 is 0. The molecule has 1 rings (SSSR count). The Morgan fingerprint density at radius 1 is 1.29 bits per heavy atom. The quantitative estimate of drug-likeness (QED) is 0.855. The number of halogens is 1. The number of hydrogen-bond donors (Lipinski definition) is 1. The van der Waals surface area contributed by atoms with E-state index < -0.39 is 0 Å². The Kier molecular flexibility index (Phi) is 5.09. The third-order valence-electron chi connectivity index (χ3n) is 2.64. The SMILES string of the molecule is CC(C)(C)CCOC(CN)c1ccccc1F. The minimum absolute atomic E-state index is 0.217. The van der Waals surface area contributed by atoms with Crippen LogP contribution in [0.2, 0.25) is 0 Å². The third kappa shape index (κ3) is 4.84. The van der Waals surface area contributed by atoms with Crippen molar-refractivity contribution in [3.05, 3.63) is 35.6 Å². The second kappa shape index (κ2) is 6.12. The lowest BCUT2D eigenvalue weighted by atomic mass is 9.93. The molecule has 0 fully saturated rings. The van der Waals surface area contributed by atoms with Crippen molar-refractivity contribution in [1.29, 1.82) is 0 Å². The van der Waals surface area contributed by atoms with Crippen molar-refractivity contribution in [1.82, 2.24) is 0 Å². The summed E-state index contributed by atoms with van der Waals surface area (Å²) in [6.45, 7) is 7.34. The van der Waals surface area contributed by atoms with Gasteiger partial charge in [0.15, 0.2) is 0 Å². The molecule has 0 spiro atoms. The van der Waals surface area contributed by atoms with Crippen LogP contribution in [0.3, 0.4) is 0 Å². The highest BCUT2D eigenvalue weighted by Crippen LogP contribution is 2.23. The van der Waals surface area contributed by atoms with Crippen LogP contribution in [0.25, 0.3) is 0 Å². The summed E-state index contributed by atoms with van der Waals surface area (Å²) < 4.78 is 19.2. The second-order valence-electron chi connectivity index (χ2n) is 5.43. The Morgan fingerprint density at radius 3 is 2.47 bits per heavy atom. The van der Waals surface area contributed by atoms with Gasteiger partial charge in [0.05, 0.1) is 6.10 Å². The molecule has 0 heterocycles. The number of ether oxygens (including phenoxy) is 1. The number of benzene rings is 1.